The number of methoxy groups -OCH3 is 1. The molecule has 9 heteroatoms. The van der Waals surface area contributed by atoms with Gasteiger partial charge in [-0.25, -0.2) is 0 Å². The molecule has 0 aliphatic carbocycles. The number of hydrogen-bond acceptors (Lipinski definition) is 6. The fourth-order valence-corrected chi connectivity index (χ4v) is 2.92. The smallest absolute Gasteiger partial charge is 0.235 e. The second-order valence-corrected chi connectivity index (χ2v) is 6.76. The number of alkyl halides is 1. The number of aromatic nitrogens is 3. The number of rotatable bonds is 10. The van der Waals surface area contributed by atoms with Crippen LogP contribution < -0.4 is 15.0 Å². The normalized spacial score (nSPS) is 10.7. The Bertz CT molecular complexity index is 717. The maximum absolute atomic E-state index is 6.19. The van der Waals surface area contributed by atoms with E-state index >= 15 is 0 Å². The average Bonchev–Trinajstić information content (AvgIpc) is 2.63. The summed E-state index contributed by atoms with van der Waals surface area (Å²) in [7, 11) is 3.41. The van der Waals surface area contributed by atoms with Gasteiger partial charge in [0.2, 0.25) is 17.2 Å². The lowest BCUT2D eigenvalue weighted by Crippen LogP contribution is -2.16. The van der Waals surface area contributed by atoms with E-state index in [0.717, 1.165) is 37.9 Å². The molecule has 1 N–H and O–H groups in total. The van der Waals surface area contributed by atoms with Crippen LogP contribution in [0.4, 0.5) is 17.6 Å². The lowest BCUT2D eigenvalue weighted by Gasteiger charge is -2.18. The van der Waals surface area contributed by atoms with Gasteiger partial charge >= 0.3 is 0 Å². The quantitative estimate of drug-likeness (QED) is 0.424. The zero-order valence-electron chi connectivity index (χ0n) is 14.8. The van der Waals surface area contributed by atoms with Crippen molar-refractivity contribution >= 4 is 52.4 Å². The largest absolute Gasteiger partial charge is 0.495 e. The summed E-state index contributed by atoms with van der Waals surface area (Å²) in [5.74, 6) is 2.19. The molecule has 1 heterocycles. The molecule has 0 bridgehead atoms. The van der Waals surface area contributed by atoms with Crippen LogP contribution in [0, 0.1) is 0 Å². The van der Waals surface area contributed by atoms with Crippen LogP contribution in [0.3, 0.4) is 0 Å². The Morgan fingerprint density at radius 2 is 1.85 bits per heavy atom. The Hall–Kier alpha value is -1.50. The van der Waals surface area contributed by atoms with Crippen molar-refractivity contribution in [3.63, 3.8) is 0 Å². The molecule has 0 aliphatic rings. The lowest BCUT2D eigenvalue weighted by molar-refractivity contribution is 0.415. The zero-order chi connectivity index (χ0) is 18.9. The van der Waals surface area contributed by atoms with Gasteiger partial charge in [-0.3, -0.25) is 0 Å². The Morgan fingerprint density at radius 1 is 1.08 bits per heavy atom. The second-order valence-electron chi connectivity index (χ2n) is 5.64. The minimum atomic E-state index is 0.131. The minimum absolute atomic E-state index is 0.131. The van der Waals surface area contributed by atoms with Crippen LogP contribution in [-0.2, 0) is 0 Å². The first-order valence-electron chi connectivity index (χ1n) is 8.34. The lowest BCUT2D eigenvalue weighted by atomic mass is 10.2. The zero-order valence-corrected chi connectivity index (χ0v) is 17.1. The molecule has 0 spiro atoms. The van der Waals surface area contributed by atoms with Gasteiger partial charge in [0.25, 0.3) is 0 Å². The molecule has 0 unspecified atom stereocenters. The predicted molar refractivity (Wildman–Crippen MR) is 109 cm³/mol. The van der Waals surface area contributed by atoms with Crippen LogP contribution in [0.25, 0.3) is 0 Å². The van der Waals surface area contributed by atoms with Crippen LogP contribution in [0.15, 0.2) is 18.2 Å². The van der Waals surface area contributed by atoms with Crippen LogP contribution >= 0.6 is 34.8 Å². The fourth-order valence-electron chi connectivity index (χ4n) is 2.32. The fraction of sp³-hybridized carbons (Fsp3) is 0.471. The maximum Gasteiger partial charge on any atom is 0.235 e. The third kappa shape index (κ3) is 6.04. The summed E-state index contributed by atoms with van der Waals surface area (Å²) in [5.41, 5.74) is 0.810. The highest BCUT2D eigenvalue weighted by molar-refractivity contribution is 6.32. The molecule has 1 aromatic carbocycles. The van der Waals surface area contributed by atoms with E-state index in [9.17, 15) is 0 Å². The third-order valence-corrected chi connectivity index (χ3v) is 4.49. The van der Waals surface area contributed by atoms with Crippen molar-refractivity contribution in [2.24, 2.45) is 0 Å². The number of unbranched alkanes of at least 4 members (excludes halogenated alkanes) is 3. The number of benzene rings is 1. The molecule has 0 atom stereocenters. The molecule has 6 nitrogen and oxygen atoms in total. The van der Waals surface area contributed by atoms with Gasteiger partial charge in [-0.05, 0) is 42.6 Å². The summed E-state index contributed by atoms with van der Waals surface area (Å²) in [5, 5.41) is 3.82. The van der Waals surface area contributed by atoms with E-state index in [4.69, 9.17) is 39.5 Å². The highest BCUT2D eigenvalue weighted by Crippen LogP contribution is 2.31. The molecule has 26 heavy (non-hydrogen) atoms. The van der Waals surface area contributed by atoms with Gasteiger partial charge in [0.05, 0.1) is 12.1 Å². The Morgan fingerprint density at radius 3 is 2.54 bits per heavy atom. The molecule has 0 saturated heterocycles. The van der Waals surface area contributed by atoms with Gasteiger partial charge in [0, 0.05) is 25.2 Å². The van der Waals surface area contributed by atoms with E-state index in [1.807, 2.05) is 13.1 Å². The molecule has 0 aliphatic heterocycles. The average molecular weight is 419 g/mol. The van der Waals surface area contributed by atoms with Crippen molar-refractivity contribution in [3.8, 4) is 5.75 Å². The second kappa shape index (κ2) is 10.6. The van der Waals surface area contributed by atoms with Crippen molar-refractivity contribution in [2.45, 2.75) is 25.7 Å². The van der Waals surface area contributed by atoms with Gasteiger partial charge in [-0.15, -0.1) is 11.6 Å². The van der Waals surface area contributed by atoms with Crippen LogP contribution in [-0.4, -0.2) is 41.5 Å². The molecular formula is C17H22Cl3N5O. The third-order valence-electron chi connectivity index (χ3n) is 3.76. The predicted octanol–water partition coefficient (Wildman–Crippen LogP) is 5.17. The van der Waals surface area contributed by atoms with E-state index in [1.165, 1.54) is 0 Å². The number of anilines is 3. The number of nitrogens with zero attached hydrogens (tertiary/aromatic N) is 4. The van der Waals surface area contributed by atoms with Crippen LogP contribution in [0.1, 0.15) is 25.7 Å². The summed E-state index contributed by atoms with van der Waals surface area (Å²) >= 11 is 17.9. The van der Waals surface area contributed by atoms with Crippen LogP contribution in [0.5, 0.6) is 5.75 Å². The standard InChI is InChI=1S/C17H22Cl3N5O/c1-25(12-7-8-14(26-2)13(19)11-12)17-23-15(20)22-16(24-17)21-10-6-4-3-5-9-18/h7-8,11H,3-6,9-10H2,1-2H3,(H,21,22,23,24). The summed E-state index contributed by atoms with van der Waals surface area (Å²) in [6.45, 7) is 0.764. The molecule has 2 rings (SSSR count). The first-order valence-corrected chi connectivity index (χ1v) is 9.63. The van der Waals surface area contributed by atoms with Gasteiger partial charge in [-0.1, -0.05) is 24.4 Å². The van der Waals surface area contributed by atoms with Crippen molar-refractivity contribution < 1.29 is 4.74 Å². The summed E-state index contributed by atoms with van der Waals surface area (Å²) in [6.07, 6.45) is 4.28. The summed E-state index contributed by atoms with van der Waals surface area (Å²) < 4.78 is 5.17. The summed E-state index contributed by atoms with van der Waals surface area (Å²) in [4.78, 5) is 14.5. The monoisotopic (exact) mass is 417 g/mol. The van der Waals surface area contributed by atoms with E-state index in [0.29, 0.717) is 28.5 Å². The first kappa shape index (κ1) is 20.8. The molecule has 0 fully saturated rings. The molecule has 2 aromatic rings. The topological polar surface area (TPSA) is 63.2 Å². The van der Waals surface area contributed by atoms with Gasteiger partial charge in [0.15, 0.2) is 0 Å². The van der Waals surface area contributed by atoms with E-state index < -0.39 is 0 Å². The molecule has 142 valence electrons. The number of ether oxygens (including phenoxy) is 1. The number of halogens is 3. The minimum Gasteiger partial charge on any atom is -0.495 e. The van der Waals surface area contributed by atoms with E-state index in [2.05, 4.69) is 20.3 Å². The van der Waals surface area contributed by atoms with Crippen molar-refractivity contribution in [3.05, 3.63) is 28.5 Å². The van der Waals surface area contributed by atoms with E-state index in [-0.39, 0.29) is 5.28 Å². The van der Waals surface area contributed by atoms with Crippen molar-refractivity contribution in [2.75, 3.05) is 36.8 Å². The Labute approximate surface area is 168 Å². The van der Waals surface area contributed by atoms with Crippen molar-refractivity contribution in [1.82, 2.24) is 15.0 Å². The van der Waals surface area contributed by atoms with Crippen molar-refractivity contribution in [1.29, 1.82) is 0 Å². The maximum atomic E-state index is 6.19. The van der Waals surface area contributed by atoms with Gasteiger partial charge in [0.1, 0.15) is 5.75 Å². The Kier molecular flexibility index (Phi) is 8.48. The molecule has 1 aromatic heterocycles. The van der Waals surface area contributed by atoms with Gasteiger partial charge < -0.3 is 15.0 Å². The summed E-state index contributed by atoms with van der Waals surface area (Å²) in [6, 6.07) is 5.44. The van der Waals surface area contributed by atoms with Crippen LogP contribution in [0.2, 0.25) is 10.3 Å². The molecular weight excluding hydrogens is 397 g/mol. The van der Waals surface area contributed by atoms with Gasteiger partial charge in [-0.2, -0.15) is 15.0 Å². The first-order chi connectivity index (χ1) is 12.5. The molecule has 0 saturated carbocycles. The van der Waals surface area contributed by atoms with E-state index in [1.54, 1.807) is 24.1 Å². The highest BCUT2D eigenvalue weighted by Gasteiger charge is 2.13. The number of hydrogen-bond donors (Lipinski definition) is 1. The Balaban J connectivity index is 2.04. The SMILES string of the molecule is COc1ccc(N(C)c2nc(Cl)nc(NCCCCCCCl)n2)cc1Cl. The molecule has 0 amide bonds. The molecule has 0 radical (unpaired) electrons. The highest BCUT2D eigenvalue weighted by atomic mass is 35.5. The number of nitrogens with one attached hydrogen (secondary N) is 1.